The number of allylic oxidation sites excluding steroid dienone is 3. The SMILES string of the molecule is C=C1C=CC(c2cc(Cc3ccc(Cl)c(Cl)c3)on2)=CN1. The molecule has 0 amide bonds. The second-order valence-electron chi connectivity index (χ2n) is 4.71. The second-order valence-corrected chi connectivity index (χ2v) is 5.52. The molecule has 0 radical (unpaired) electrons. The zero-order valence-electron chi connectivity index (χ0n) is 11.1. The van der Waals surface area contributed by atoms with Crippen LogP contribution in [0.4, 0.5) is 0 Å². The zero-order chi connectivity index (χ0) is 14.8. The molecule has 106 valence electrons. The van der Waals surface area contributed by atoms with Gasteiger partial charge in [-0.05, 0) is 29.8 Å². The van der Waals surface area contributed by atoms with Crippen LogP contribution in [0.2, 0.25) is 10.0 Å². The van der Waals surface area contributed by atoms with Crippen LogP contribution in [0.5, 0.6) is 0 Å². The normalized spacial score (nSPS) is 14.0. The molecule has 0 saturated heterocycles. The first-order valence-electron chi connectivity index (χ1n) is 6.35. The van der Waals surface area contributed by atoms with Gasteiger partial charge in [0.25, 0.3) is 0 Å². The molecule has 3 nitrogen and oxygen atoms in total. The summed E-state index contributed by atoms with van der Waals surface area (Å²) >= 11 is 11.9. The number of dihydropyridines is 1. The van der Waals surface area contributed by atoms with Crippen molar-refractivity contribution in [3.63, 3.8) is 0 Å². The maximum absolute atomic E-state index is 6.01. The van der Waals surface area contributed by atoms with Crippen molar-refractivity contribution in [3.05, 3.63) is 82.0 Å². The Morgan fingerprint density at radius 1 is 1.14 bits per heavy atom. The summed E-state index contributed by atoms with van der Waals surface area (Å²) in [7, 11) is 0. The van der Waals surface area contributed by atoms with E-state index in [1.54, 1.807) is 6.07 Å². The lowest BCUT2D eigenvalue weighted by Gasteiger charge is -2.07. The number of nitrogens with one attached hydrogen (secondary N) is 1. The van der Waals surface area contributed by atoms with Gasteiger partial charge >= 0.3 is 0 Å². The van der Waals surface area contributed by atoms with Crippen LogP contribution in [0, 0.1) is 0 Å². The molecular weight excluding hydrogens is 307 g/mol. The van der Waals surface area contributed by atoms with Gasteiger partial charge in [-0.1, -0.05) is 41.0 Å². The minimum atomic E-state index is 0.537. The Hall–Kier alpha value is -1.97. The van der Waals surface area contributed by atoms with Gasteiger partial charge in [-0.3, -0.25) is 0 Å². The van der Waals surface area contributed by atoms with Gasteiger partial charge in [0.15, 0.2) is 0 Å². The van der Waals surface area contributed by atoms with Gasteiger partial charge in [0, 0.05) is 30.0 Å². The molecule has 5 heteroatoms. The molecule has 2 aromatic rings. The summed E-state index contributed by atoms with van der Waals surface area (Å²) in [4.78, 5) is 0. The van der Waals surface area contributed by atoms with Crippen molar-refractivity contribution in [1.82, 2.24) is 10.5 Å². The lowest BCUT2D eigenvalue weighted by atomic mass is 10.1. The second kappa shape index (κ2) is 5.80. The maximum atomic E-state index is 6.01. The van der Waals surface area contributed by atoms with Gasteiger partial charge in [0.05, 0.1) is 10.0 Å². The molecule has 21 heavy (non-hydrogen) atoms. The number of halogens is 2. The van der Waals surface area contributed by atoms with E-state index in [4.69, 9.17) is 27.7 Å². The molecule has 3 rings (SSSR count). The Morgan fingerprint density at radius 3 is 2.71 bits per heavy atom. The highest BCUT2D eigenvalue weighted by Crippen LogP contribution is 2.25. The summed E-state index contributed by atoms with van der Waals surface area (Å²) in [6, 6.07) is 7.44. The van der Waals surface area contributed by atoms with Crippen LogP contribution in [-0.4, -0.2) is 5.16 Å². The fourth-order valence-corrected chi connectivity index (χ4v) is 2.32. The lowest BCUT2D eigenvalue weighted by molar-refractivity contribution is 0.388. The first-order chi connectivity index (χ1) is 10.1. The topological polar surface area (TPSA) is 38.1 Å². The third-order valence-electron chi connectivity index (χ3n) is 3.09. The Morgan fingerprint density at radius 2 is 2.00 bits per heavy atom. The lowest BCUT2D eigenvalue weighted by Crippen LogP contribution is -2.05. The van der Waals surface area contributed by atoms with Crippen LogP contribution in [-0.2, 0) is 6.42 Å². The predicted octanol–water partition coefficient (Wildman–Crippen LogP) is 4.59. The molecule has 0 saturated carbocycles. The van der Waals surface area contributed by atoms with Crippen molar-refractivity contribution in [1.29, 1.82) is 0 Å². The number of rotatable bonds is 3. The van der Waals surface area contributed by atoms with E-state index in [0.29, 0.717) is 16.5 Å². The smallest absolute Gasteiger partial charge is 0.141 e. The van der Waals surface area contributed by atoms with E-state index in [1.807, 2.05) is 36.6 Å². The summed E-state index contributed by atoms with van der Waals surface area (Å²) in [6.45, 7) is 3.81. The summed E-state index contributed by atoms with van der Waals surface area (Å²) < 4.78 is 5.37. The molecule has 2 heterocycles. The molecule has 0 spiro atoms. The molecule has 0 aliphatic carbocycles. The van der Waals surface area contributed by atoms with Crippen LogP contribution < -0.4 is 5.32 Å². The van der Waals surface area contributed by atoms with Gasteiger partial charge in [0.2, 0.25) is 0 Å². The Labute approximate surface area is 132 Å². The molecule has 0 atom stereocenters. The van der Waals surface area contributed by atoms with Crippen molar-refractivity contribution in [2.75, 3.05) is 0 Å². The molecule has 1 aromatic carbocycles. The van der Waals surface area contributed by atoms with Crippen molar-refractivity contribution in [2.24, 2.45) is 0 Å². The van der Waals surface area contributed by atoms with E-state index < -0.39 is 0 Å². The van der Waals surface area contributed by atoms with Crippen molar-refractivity contribution in [3.8, 4) is 0 Å². The highest BCUT2D eigenvalue weighted by atomic mass is 35.5. The van der Waals surface area contributed by atoms with Gasteiger partial charge in [-0.2, -0.15) is 0 Å². The van der Waals surface area contributed by atoms with Crippen molar-refractivity contribution < 1.29 is 4.52 Å². The van der Waals surface area contributed by atoms with E-state index in [-0.39, 0.29) is 0 Å². The zero-order valence-corrected chi connectivity index (χ0v) is 12.6. The van der Waals surface area contributed by atoms with Gasteiger partial charge in [0.1, 0.15) is 11.5 Å². The molecule has 0 fully saturated rings. The molecule has 1 N–H and O–H groups in total. The third kappa shape index (κ3) is 3.20. The summed E-state index contributed by atoms with van der Waals surface area (Å²) in [5.74, 6) is 0.766. The molecular formula is C16H12Cl2N2O. The summed E-state index contributed by atoms with van der Waals surface area (Å²) in [6.07, 6.45) is 6.30. The number of nitrogens with zero attached hydrogens (tertiary/aromatic N) is 1. The van der Waals surface area contributed by atoms with E-state index in [1.165, 1.54) is 0 Å². The molecule has 1 aliphatic rings. The molecule has 0 bridgehead atoms. The number of benzene rings is 1. The number of aromatic nitrogens is 1. The van der Waals surface area contributed by atoms with E-state index in [0.717, 1.165) is 28.3 Å². The van der Waals surface area contributed by atoms with Crippen molar-refractivity contribution in [2.45, 2.75) is 6.42 Å². The van der Waals surface area contributed by atoms with Crippen molar-refractivity contribution >= 4 is 28.8 Å². The first kappa shape index (κ1) is 14.0. The van der Waals surface area contributed by atoms with Crippen LogP contribution >= 0.6 is 23.2 Å². The van der Waals surface area contributed by atoms with Gasteiger partial charge in [-0.25, -0.2) is 0 Å². The third-order valence-corrected chi connectivity index (χ3v) is 3.83. The van der Waals surface area contributed by atoms with Crippen LogP contribution in [0.3, 0.4) is 0 Å². The quantitative estimate of drug-likeness (QED) is 0.899. The van der Waals surface area contributed by atoms with Gasteiger partial charge in [-0.15, -0.1) is 0 Å². The minimum Gasteiger partial charge on any atom is -0.361 e. The Bertz CT molecular complexity index is 759. The average molecular weight is 319 g/mol. The molecule has 0 unspecified atom stereocenters. The van der Waals surface area contributed by atoms with Crippen LogP contribution in [0.1, 0.15) is 17.0 Å². The Balaban J connectivity index is 1.77. The number of hydrogen-bond acceptors (Lipinski definition) is 3. The summed E-state index contributed by atoms with van der Waals surface area (Å²) in [5.41, 5.74) is 3.60. The van der Waals surface area contributed by atoms with Crippen LogP contribution in [0.15, 0.2) is 59.4 Å². The predicted molar refractivity (Wildman–Crippen MR) is 85.2 cm³/mol. The minimum absolute atomic E-state index is 0.537. The van der Waals surface area contributed by atoms with Crippen LogP contribution in [0.25, 0.3) is 5.57 Å². The highest BCUT2D eigenvalue weighted by molar-refractivity contribution is 6.42. The fraction of sp³-hybridized carbons (Fsp3) is 0.0625. The Kier molecular flexibility index (Phi) is 3.86. The van der Waals surface area contributed by atoms with E-state index in [2.05, 4.69) is 17.1 Å². The highest BCUT2D eigenvalue weighted by Gasteiger charge is 2.10. The standard InChI is InChI=1S/C16H12Cl2N2O/c1-10-2-4-12(9-19-10)16-8-13(21-20-16)6-11-3-5-14(17)15(18)7-11/h2-5,7-9,19H,1,6H2. The van der Waals surface area contributed by atoms with Gasteiger partial charge < -0.3 is 9.84 Å². The molecule has 1 aliphatic heterocycles. The largest absolute Gasteiger partial charge is 0.361 e. The maximum Gasteiger partial charge on any atom is 0.141 e. The fourth-order valence-electron chi connectivity index (χ4n) is 2.00. The number of hydrogen-bond donors (Lipinski definition) is 1. The monoisotopic (exact) mass is 318 g/mol. The van der Waals surface area contributed by atoms with E-state index in [9.17, 15) is 0 Å². The molecule has 1 aromatic heterocycles. The average Bonchev–Trinajstić information content (AvgIpc) is 2.92. The summed E-state index contributed by atoms with van der Waals surface area (Å²) in [5, 5.41) is 8.20. The first-order valence-corrected chi connectivity index (χ1v) is 7.11. The van der Waals surface area contributed by atoms with E-state index >= 15 is 0 Å².